The second kappa shape index (κ2) is 8.27. The molecule has 0 bridgehead atoms. The van der Waals surface area contributed by atoms with E-state index in [1.54, 1.807) is 14.0 Å². The Morgan fingerprint density at radius 3 is 2.53 bits per heavy atom. The van der Waals surface area contributed by atoms with Crippen molar-refractivity contribution in [1.29, 1.82) is 0 Å². The highest BCUT2D eigenvalue weighted by atomic mass is 19.3. The molecule has 1 aromatic carbocycles. The van der Waals surface area contributed by atoms with Crippen LogP contribution in [0.3, 0.4) is 0 Å². The molecule has 0 radical (unpaired) electrons. The first-order valence-corrected chi connectivity index (χ1v) is 9.32. The summed E-state index contributed by atoms with van der Waals surface area (Å²) in [4.78, 5) is 29.8. The quantitative estimate of drug-likeness (QED) is 0.594. The molecule has 0 fully saturated rings. The van der Waals surface area contributed by atoms with Crippen molar-refractivity contribution in [2.75, 3.05) is 6.61 Å². The van der Waals surface area contributed by atoms with Crippen LogP contribution in [0.1, 0.15) is 20.3 Å². The van der Waals surface area contributed by atoms with Crippen LogP contribution >= 0.6 is 0 Å². The van der Waals surface area contributed by atoms with Crippen molar-refractivity contribution in [3.8, 4) is 17.5 Å². The van der Waals surface area contributed by atoms with E-state index < -0.39 is 17.4 Å². The minimum Gasteiger partial charge on any atom is -0.433 e. The largest absolute Gasteiger partial charge is 0.433 e. The van der Waals surface area contributed by atoms with Crippen molar-refractivity contribution in [2.24, 2.45) is 7.05 Å². The summed E-state index contributed by atoms with van der Waals surface area (Å²) in [7, 11) is 1.55. The zero-order valence-electron chi connectivity index (χ0n) is 16.8. The number of aliphatic hydroxyl groups is 1. The molecule has 30 heavy (non-hydrogen) atoms. The van der Waals surface area contributed by atoms with Gasteiger partial charge < -0.3 is 14.6 Å². The second-order valence-electron chi connectivity index (χ2n) is 6.67. The lowest BCUT2D eigenvalue weighted by molar-refractivity contribution is -0.158. The molecule has 0 aliphatic carbocycles. The van der Waals surface area contributed by atoms with E-state index in [1.807, 2.05) is 0 Å². The number of ether oxygens (including phenoxy) is 2. The Morgan fingerprint density at radius 2 is 1.90 bits per heavy atom. The lowest BCUT2D eigenvalue weighted by Gasteiger charge is -2.13. The van der Waals surface area contributed by atoms with Crippen LogP contribution in [-0.2, 0) is 20.1 Å². The topological polar surface area (TPSA) is 101 Å². The summed E-state index contributed by atoms with van der Waals surface area (Å²) >= 11 is 0. The molecule has 0 unspecified atom stereocenters. The van der Waals surface area contributed by atoms with E-state index in [4.69, 9.17) is 9.84 Å². The van der Waals surface area contributed by atoms with E-state index in [0.717, 1.165) is 4.57 Å². The van der Waals surface area contributed by atoms with E-state index in [0.29, 0.717) is 6.92 Å². The molecule has 0 spiro atoms. The van der Waals surface area contributed by atoms with Gasteiger partial charge in [0.25, 0.3) is 5.56 Å². The van der Waals surface area contributed by atoms with Crippen LogP contribution in [0.2, 0.25) is 0 Å². The van der Waals surface area contributed by atoms with Crippen LogP contribution < -0.4 is 20.7 Å². The highest BCUT2D eigenvalue weighted by Crippen LogP contribution is 2.28. The number of fused-ring (bicyclic) bond motifs is 1. The van der Waals surface area contributed by atoms with Crippen LogP contribution in [0.25, 0.3) is 11.2 Å². The minimum absolute atomic E-state index is 0.00372. The third kappa shape index (κ3) is 4.20. The van der Waals surface area contributed by atoms with Crippen LogP contribution in [0.4, 0.5) is 8.78 Å². The van der Waals surface area contributed by atoms with Crippen molar-refractivity contribution >= 4 is 11.2 Å². The Kier molecular flexibility index (Phi) is 5.92. The van der Waals surface area contributed by atoms with Gasteiger partial charge in [-0.3, -0.25) is 18.5 Å². The zero-order valence-corrected chi connectivity index (χ0v) is 16.8. The number of hydrogen-bond acceptors (Lipinski definition) is 6. The van der Waals surface area contributed by atoms with Crippen molar-refractivity contribution in [1.82, 2.24) is 18.7 Å². The number of rotatable bonds is 8. The summed E-state index contributed by atoms with van der Waals surface area (Å²) < 4.78 is 40.2. The maximum absolute atomic E-state index is 13.1. The van der Waals surface area contributed by atoms with E-state index in [2.05, 4.69) is 9.72 Å². The number of alkyl halides is 2. The van der Waals surface area contributed by atoms with Crippen molar-refractivity contribution in [2.45, 2.75) is 39.5 Å². The fraction of sp³-hybridized carbons (Fsp3) is 0.421. The third-order valence-corrected chi connectivity index (χ3v) is 4.37. The fourth-order valence-electron chi connectivity index (χ4n) is 3.06. The number of halogens is 2. The van der Waals surface area contributed by atoms with Crippen LogP contribution in [0.5, 0.6) is 17.5 Å². The van der Waals surface area contributed by atoms with Gasteiger partial charge in [-0.1, -0.05) is 6.07 Å². The summed E-state index contributed by atoms with van der Waals surface area (Å²) in [5.74, 6) is 0.0664. The molecule has 3 aromatic rings. The minimum atomic E-state index is -3.35. The van der Waals surface area contributed by atoms with Crippen molar-refractivity contribution in [3.63, 3.8) is 0 Å². The van der Waals surface area contributed by atoms with Gasteiger partial charge in [-0.25, -0.2) is 4.79 Å². The number of hydrogen-bond donors (Lipinski definition) is 1. The van der Waals surface area contributed by atoms with E-state index in [-0.39, 0.29) is 54.8 Å². The normalized spacial score (nSPS) is 11.8. The van der Waals surface area contributed by atoms with E-state index in [9.17, 15) is 18.4 Å². The SMILES string of the molecule is CCn1c(=O)n(CCCO)c(=O)c2c1nc(Oc1cccc(OC(C)(F)F)c1)n2C. The number of aryl methyl sites for hydroxylation is 2. The number of nitrogens with zero attached hydrogens (tertiary/aromatic N) is 4. The fourth-order valence-corrected chi connectivity index (χ4v) is 3.06. The molecule has 0 saturated heterocycles. The predicted molar refractivity (Wildman–Crippen MR) is 104 cm³/mol. The second-order valence-corrected chi connectivity index (χ2v) is 6.67. The first kappa shape index (κ1) is 21.5. The Labute approximate surface area is 169 Å². The maximum Gasteiger partial charge on any atom is 0.394 e. The number of aliphatic hydroxyl groups excluding tert-OH is 1. The lowest BCUT2D eigenvalue weighted by atomic mass is 10.3. The number of imidazole rings is 1. The highest BCUT2D eigenvalue weighted by Gasteiger charge is 2.24. The molecule has 11 heteroatoms. The molecule has 2 heterocycles. The van der Waals surface area contributed by atoms with Crippen LogP contribution in [-0.4, -0.2) is 36.5 Å². The highest BCUT2D eigenvalue weighted by molar-refractivity contribution is 5.72. The zero-order chi connectivity index (χ0) is 22.1. The molecule has 3 rings (SSSR count). The average molecular weight is 424 g/mol. The summed E-state index contributed by atoms with van der Waals surface area (Å²) in [6.45, 7) is 2.53. The van der Waals surface area contributed by atoms with Gasteiger partial charge in [0.2, 0.25) is 0 Å². The standard InChI is InChI=1S/C19H22F2N4O5/c1-4-24-15-14(16(27)25(18(24)28)9-6-10-26)23(3)17(22-15)29-12-7-5-8-13(11-12)30-19(2,20)21/h5,7-8,11,26H,4,6,9-10H2,1-3H3. The Bertz CT molecular complexity index is 1180. The van der Waals surface area contributed by atoms with Gasteiger partial charge in [0.15, 0.2) is 11.2 Å². The Hall–Kier alpha value is -3.21. The van der Waals surface area contributed by atoms with Crippen molar-refractivity contribution in [3.05, 3.63) is 45.1 Å². The summed E-state index contributed by atoms with van der Waals surface area (Å²) in [6.07, 6.45) is -3.10. The molecule has 162 valence electrons. The molecule has 0 atom stereocenters. The van der Waals surface area contributed by atoms with Gasteiger partial charge in [0.1, 0.15) is 11.5 Å². The maximum atomic E-state index is 13.1. The first-order chi connectivity index (χ1) is 14.2. The average Bonchev–Trinajstić information content (AvgIpc) is 2.97. The van der Waals surface area contributed by atoms with E-state index in [1.165, 1.54) is 33.4 Å². The Morgan fingerprint density at radius 1 is 1.20 bits per heavy atom. The van der Waals surface area contributed by atoms with Gasteiger partial charge in [0, 0.05) is 39.7 Å². The van der Waals surface area contributed by atoms with Crippen LogP contribution in [0, 0.1) is 0 Å². The summed E-state index contributed by atoms with van der Waals surface area (Å²) in [5, 5.41) is 9.05. The van der Waals surface area contributed by atoms with Gasteiger partial charge in [-0.15, -0.1) is 0 Å². The van der Waals surface area contributed by atoms with Gasteiger partial charge in [-0.2, -0.15) is 13.8 Å². The lowest BCUT2D eigenvalue weighted by Crippen LogP contribution is -2.40. The molecule has 9 nitrogen and oxygen atoms in total. The molecular formula is C19H22F2N4O5. The molecule has 1 N–H and O–H groups in total. The monoisotopic (exact) mass is 424 g/mol. The Balaban J connectivity index is 2.08. The van der Waals surface area contributed by atoms with Gasteiger partial charge in [0.05, 0.1) is 0 Å². The van der Waals surface area contributed by atoms with Gasteiger partial charge >= 0.3 is 17.8 Å². The van der Waals surface area contributed by atoms with E-state index >= 15 is 0 Å². The molecule has 2 aromatic heterocycles. The number of aromatic nitrogens is 4. The molecule has 0 aliphatic rings. The summed E-state index contributed by atoms with van der Waals surface area (Å²) in [6, 6.07) is 5.62. The molecule has 0 amide bonds. The molecule has 0 saturated carbocycles. The predicted octanol–water partition coefficient (Wildman–Crippen LogP) is 2.08. The van der Waals surface area contributed by atoms with Crippen molar-refractivity contribution < 1.29 is 23.4 Å². The first-order valence-electron chi connectivity index (χ1n) is 9.32. The number of benzene rings is 1. The molecular weight excluding hydrogens is 402 g/mol. The van der Waals surface area contributed by atoms with Gasteiger partial charge in [-0.05, 0) is 25.5 Å². The molecule has 0 aliphatic heterocycles. The summed E-state index contributed by atoms with van der Waals surface area (Å²) in [5.41, 5.74) is -0.788. The third-order valence-electron chi connectivity index (χ3n) is 4.37. The smallest absolute Gasteiger partial charge is 0.394 e. The van der Waals surface area contributed by atoms with Crippen LogP contribution in [0.15, 0.2) is 33.9 Å².